The second kappa shape index (κ2) is 6.25. The Morgan fingerprint density at radius 3 is 2.76 bits per heavy atom. The summed E-state index contributed by atoms with van der Waals surface area (Å²) in [6, 6.07) is 5.84. The van der Waals surface area contributed by atoms with Crippen LogP contribution in [0.1, 0.15) is 18.2 Å². The molecule has 1 atom stereocenters. The maximum Gasteiger partial charge on any atom is 0.416 e. The summed E-state index contributed by atoms with van der Waals surface area (Å²) in [4.78, 5) is 16.0. The van der Waals surface area contributed by atoms with Crippen LogP contribution in [0.25, 0.3) is 11.0 Å². The van der Waals surface area contributed by atoms with Crippen LogP contribution >= 0.6 is 0 Å². The molecule has 0 bridgehead atoms. The van der Waals surface area contributed by atoms with Gasteiger partial charge in [-0.1, -0.05) is 0 Å². The van der Waals surface area contributed by atoms with Gasteiger partial charge in [-0.25, -0.2) is 4.98 Å². The number of furan rings is 1. The Balaban J connectivity index is 2.09. The number of carbonyl (C=O) groups excluding carboxylic acids is 1. The number of carbonyl (C=O) groups is 1. The maximum absolute atomic E-state index is 12.9. The van der Waals surface area contributed by atoms with Gasteiger partial charge in [0.2, 0.25) is 11.9 Å². The van der Waals surface area contributed by atoms with Gasteiger partial charge in [-0.2, -0.15) is 13.2 Å². The number of benzene rings is 1. The molecule has 25 heavy (non-hydrogen) atoms. The van der Waals surface area contributed by atoms with E-state index in [0.29, 0.717) is 11.3 Å². The van der Waals surface area contributed by atoms with Crippen LogP contribution in [0.15, 0.2) is 41.0 Å². The fourth-order valence-corrected chi connectivity index (χ4v) is 2.34. The molecule has 6 nitrogen and oxygen atoms in total. The molecule has 132 valence electrons. The normalized spacial score (nSPS) is 13.2. The first-order valence-electron chi connectivity index (χ1n) is 7.42. The lowest BCUT2D eigenvalue weighted by Crippen LogP contribution is -2.33. The van der Waals surface area contributed by atoms with Gasteiger partial charge in [-0.3, -0.25) is 10.1 Å². The Morgan fingerprint density at radius 1 is 1.40 bits per heavy atom. The van der Waals surface area contributed by atoms with E-state index in [-0.39, 0.29) is 18.0 Å². The molecule has 2 heterocycles. The zero-order valence-corrected chi connectivity index (χ0v) is 13.2. The number of amides is 1. The van der Waals surface area contributed by atoms with Crippen molar-refractivity contribution >= 4 is 22.9 Å². The van der Waals surface area contributed by atoms with Crippen LogP contribution in [0.4, 0.5) is 19.1 Å². The van der Waals surface area contributed by atoms with Crippen molar-refractivity contribution in [2.75, 3.05) is 5.32 Å². The lowest BCUT2D eigenvalue weighted by atomic mass is 10.2. The van der Waals surface area contributed by atoms with Crippen LogP contribution in [0.5, 0.6) is 0 Å². The number of nitrogens with two attached hydrogens (primary N) is 1. The van der Waals surface area contributed by atoms with E-state index < -0.39 is 23.7 Å². The topological polar surface area (TPSA) is 86.1 Å². The Kier molecular flexibility index (Phi) is 4.25. The summed E-state index contributed by atoms with van der Waals surface area (Å²) in [5.74, 6) is 0.176. The summed E-state index contributed by atoms with van der Waals surface area (Å²) < 4.78 is 45.6. The number of halogens is 3. The van der Waals surface area contributed by atoms with E-state index in [1.165, 1.54) is 19.3 Å². The van der Waals surface area contributed by atoms with Gasteiger partial charge in [0.15, 0.2) is 0 Å². The van der Waals surface area contributed by atoms with Gasteiger partial charge in [0, 0.05) is 0 Å². The van der Waals surface area contributed by atoms with Crippen LogP contribution in [0, 0.1) is 0 Å². The maximum atomic E-state index is 12.9. The molecule has 0 fully saturated rings. The minimum atomic E-state index is -4.48. The number of nitrogens with one attached hydrogen (secondary N) is 1. The highest BCUT2D eigenvalue weighted by Crippen LogP contribution is 2.32. The second-order valence-electron chi connectivity index (χ2n) is 5.58. The standard InChI is InChI=1S/C16H15F3N4O2/c1-9(20)14(24)22-15-21-12-7-10(16(17,18)19)4-5-13(12)23(15)8-11-3-2-6-25-11/h2-7,9H,8,20H2,1H3,(H,21,22,24). The summed E-state index contributed by atoms with van der Waals surface area (Å²) >= 11 is 0. The molecule has 3 rings (SSSR count). The lowest BCUT2D eigenvalue weighted by molar-refractivity contribution is -0.137. The number of alkyl halides is 3. The third-order valence-corrected chi connectivity index (χ3v) is 3.62. The quantitative estimate of drug-likeness (QED) is 0.756. The molecule has 0 spiro atoms. The van der Waals surface area contributed by atoms with Gasteiger partial charge in [0.05, 0.1) is 35.4 Å². The average molecular weight is 352 g/mol. The van der Waals surface area contributed by atoms with Gasteiger partial charge in [0.1, 0.15) is 5.76 Å². The van der Waals surface area contributed by atoms with Gasteiger partial charge in [0.25, 0.3) is 0 Å². The summed E-state index contributed by atoms with van der Waals surface area (Å²) in [5, 5.41) is 2.54. The Morgan fingerprint density at radius 2 is 2.16 bits per heavy atom. The molecule has 0 saturated carbocycles. The number of nitrogens with zero attached hydrogens (tertiary/aromatic N) is 2. The number of anilines is 1. The smallest absolute Gasteiger partial charge is 0.416 e. The van der Waals surface area contributed by atoms with Gasteiger partial charge >= 0.3 is 6.18 Å². The van der Waals surface area contributed by atoms with Crippen molar-refractivity contribution in [2.45, 2.75) is 25.7 Å². The lowest BCUT2D eigenvalue weighted by Gasteiger charge is -2.10. The Bertz CT molecular complexity index is 898. The highest BCUT2D eigenvalue weighted by molar-refractivity contribution is 5.94. The first kappa shape index (κ1) is 17.0. The minimum absolute atomic E-state index is 0.105. The molecule has 0 aliphatic carbocycles. The fourth-order valence-electron chi connectivity index (χ4n) is 2.34. The summed E-state index contributed by atoms with van der Waals surface area (Å²) in [5.41, 5.74) is 5.26. The molecule has 1 amide bonds. The molecular weight excluding hydrogens is 337 g/mol. The zero-order chi connectivity index (χ0) is 18.2. The van der Waals surface area contributed by atoms with Gasteiger partial charge in [-0.05, 0) is 37.3 Å². The molecule has 9 heteroatoms. The van der Waals surface area contributed by atoms with E-state index in [9.17, 15) is 18.0 Å². The minimum Gasteiger partial charge on any atom is -0.467 e. The SMILES string of the molecule is CC(N)C(=O)Nc1nc2cc(C(F)(F)F)ccc2n1Cc1ccco1. The van der Waals surface area contributed by atoms with E-state index in [4.69, 9.17) is 10.2 Å². The molecule has 0 radical (unpaired) electrons. The molecule has 0 saturated heterocycles. The van der Waals surface area contributed by atoms with Crippen LogP contribution in [-0.2, 0) is 17.5 Å². The van der Waals surface area contributed by atoms with Crippen molar-refractivity contribution < 1.29 is 22.4 Å². The van der Waals surface area contributed by atoms with Crippen molar-refractivity contribution in [2.24, 2.45) is 5.73 Å². The molecule has 0 aliphatic heterocycles. The van der Waals surface area contributed by atoms with Crippen molar-refractivity contribution in [1.82, 2.24) is 9.55 Å². The first-order valence-corrected chi connectivity index (χ1v) is 7.42. The van der Waals surface area contributed by atoms with Crippen LogP contribution in [0.2, 0.25) is 0 Å². The Labute approximate surface area is 140 Å². The van der Waals surface area contributed by atoms with Gasteiger partial charge in [-0.15, -0.1) is 0 Å². The molecule has 2 aromatic heterocycles. The van der Waals surface area contributed by atoms with E-state index in [1.54, 1.807) is 16.7 Å². The molecule has 0 aliphatic rings. The van der Waals surface area contributed by atoms with Crippen molar-refractivity contribution in [3.05, 3.63) is 47.9 Å². The van der Waals surface area contributed by atoms with Crippen LogP contribution in [-0.4, -0.2) is 21.5 Å². The summed E-state index contributed by atoms with van der Waals surface area (Å²) in [6.07, 6.45) is -3.00. The van der Waals surface area contributed by atoms with E-state index >= 15 is 0 Å². The van der Waals surface area contributed by atoms with E-state index in [0.717, 1.165) is 12.1 Å². The van der Waals surface area contributed by atoms with Crippen molar-refractivity contribution in [1.29, 1.82) is 0 Å². The predicted molar refractivity (Wildman–Crippen MR) is 84.8 cm³/mol. The second-order valence-corrected chi connectivity index (χ2v) is 5.58. The predicted octanol–water partition coefficient (Wildman–Crippen LogP) is 2.98. The Hall–Kier alpha value is -2.81. The van der Waals surface area contributed by atoms with Crippen molar-refractivity contribution in [3.8, 4) is 0 Å². The first-order chi connectivity index (χ1) is 11.8. The van der Waals surface area contributed by atoms with Crippen LogP contribution in [0.3, 0.4) is 0 Å². The third-order valence-electron chi connectivity index (χ3n) is 3.62. The third kappa shape index (κ3) is 3.50. The highest BCUT2D eigenvalue weighted by atomic mass is 19.4. The van der Waals surface area contributed by atoms with E-state index in [2.05, 4.69) is 10.3 Å². The highest BCUT2D eigenvalue weighted by Gasteiger charge is 2.31. The fraction of sp³-hybridized carbons (Fsp3) is 0.250. The van der Waals surface area contributed by atoms with Crippen LogP contribution < -0.4 is 11.1 Å². The molecule has 1 aromatic carbocycles. The molecule has 3 aromatic rings. The number of imidazole rings is 1. The van der Waals surface area contributed by atoms with Gasteiger partial charge < -0.3 is 14.7 Å². The zero-order valence-electron chi connectivity index (χ0n) is 13.2. The van der Waals surface area contributed by atoms with E-state index in [1.807, 2.05) is 0 Å². The number of fused-ring (bicyclic) bond motifs is 1. The number of aromatic nitrogens is 2. The largest absolute Gasteiger partial charge is 0.467 e. The molecule has 3 N–H and O–H groups in total. The molecular formula is C16H15F3N4O2. The number of rotatable bonds is 4. The number of hydrogen-bond acceptors (Lipinski definition) is 4. The summed E-state index contributed by atoms with van der Waals surface area (Å²) in [7, 11) is 0. The summed E-state index contributed by atoms with van der Waals surface area (Å²) in [6.45, 7) is 1.69. The molecule has 1 unspecified atom stereocenters. The average Bonchev–Trinajstić information content (AvgIpc) is 3.15. The monoisotopic (exact) mass is 352 g/mol. The van der Waals surface area contributed by atoms with Crippen molar-refractivity contribution in [3.63, 3.8) is 0 Å². The number of hydrogen-bond donors (Lipinski definition) is 2.